The Balaban J connectivity index is 1.80. The van der Waals surface area contributed by atoms with E-state index in [0.717, 1.165) is 54.2 Å². The van der Waals surface area contributed by atoms with E-state index in [1.54, 1.807) is 33.5 Å². The summed E-state index contributed by atoms with van der Waals surface area (Å²) >= 11 is 2.42. The zero-order chi connectivity index (χ0) is 23.9. The van der Waals surface area contributed by atoms with Crippen LogP contribution in [0.1, 0.15) is 16.7 Å². The lowest BCUT2D eigenvalue weighted by atomic mass is 9.71. The Morgan fingerprint density at radius 3 is 1.85 bits per heavy atom. The second kappa shape index (κ2) is 8.80. The number of carbonyl (C=O) groups excluding carboxylic acids is 1. The van der Waals surface area contributed by atoms with Gasteiger partial charge in [-0.2, -0.15) is 0 Å². The van der Waals surface area contributed by atoms with Crippen LogP contribution in [0.3, 0.4) is 0 Å². The van der Waals surface area contributed by atoms with E-state index >= 15 is 0 Å². The predicted molar refractivity (Wildman–Crippen MR) is 144 cm³/mol. The number of halogens is 1. The number of benzene rings is 3. The number of carbonyl (C=O) groups is 1. The van der Waals surface area contributed by atoms with Gasteiger partial charge in [0.05, 0.1) is 26.7 Å². The van der Waals surface area contributed by atoms with Crippen LogP contribution in [0.4, 0.5) is 0 Å². The minimum Gasteiger partial charge on any atom is -0.497 e. The normalized spacial score (nSPS) is 15.6. The van der Waals surface area contributed by atoms with Crippen molar-refractivity contribution in [1.82, 2.24) is 0 Å². The van der Waals surface area contributed by atoms with Crippen molar-refractivity contribution in [1.29, 1.82) is 0 Å². The van der Waals surface area contributed by atoms with Gasteiger partial charge in [0.2, 0.25) is 0 Å². The van der Waals surface area contributed by atoms with Crippen molar-refractivity contribution in [2.24, 2.45) is 0 Å². The van der Waals surface area contributed by atoms with Crippen LogP contribution in [0.2, 0.25) is 0 Å². The first-order valence-electron chi connectivity index (χ1n) is 10.8. The highest BCUT2D eigenvalue weighted by atomic mass is 127. The van der Waals surface area contributed by atoms with Crippen LogP contribution in [-0.4, -0.2) is 27.1 Å². The Labute approximate surface area is 212 Å². The van der Waals surface area contributed by atoms with Crippen molar-refractivity contribution in [2.45, 2.75) is 5.41 Å². The summed E-state index contributed by atoms with van der Waals surface area (Å²) in [6, 6.07) is 20.3. The molecule has 0 atom stereocenters. The number of ether oxygens (including phenoxy) is 3. The molecule has 0 aliphatic heterocycles. The number of hydrogen-bond donors (Lipinski definition) is 0. The fourth-order valence-electron chi connectivity index (χ4n) is 4.75. The molecule has 3 aromatic carbocycles. The molecule has 1 spiro atoms. The Morgan fingerprint density at radius 2 is 1.24 bits per heavy atom. The maximum absolute atomic E-state index is 12.1. The van der Waals surface area contributed by atoms with Gasteiger partial charge in [-0.3, -0.25) is 4.79 Å². The van der Waals surface area contributed by atoms with Crippen LogP contribution in [-0.2, 0) is 10.2 Å². The zero-order valence-electron chi connectivity index (χ0n) is 19.1. The third-order valence-electron chi connectivity index (χ3n) is 6.46. The van der Waals surface area contributed by atoms with Crippen LogP contribution in [0.5, 0.6) is 17.2 Å². The van der Waals surface area contributed by atoms with Crippen LogP contribution >= 0.6 is 22.6 Å². The first-order chi connectivity index (χ1) is 16.5. The van der Waals surface area contributed by atoms with Gasteiger partial charge in [-0.05, 0) is 105 Å². The molecule has 0 saturated carbocycles. The maximum Gasteiger partial charge on any atom is 0.178 e. The Morgan fingerprint density at radius 1 is 0.676 bits per heavy atom. The molecule has 5 heteroatoms. The maximum atomic E-state index is 12.1. The summed E-state index contributed by atoms with van der Waals surface area (Å²) in [5, 5.41) is 0. The molecule has 0 N–H and O–H groups in total. The monoisotopic (exact) mass is 562 g/mol. The molecule has 0 bridgehead atoms. The minimum absolute atomic E-state index is 0.0111. The highest BCUT2D eigenvalue weighted by Gasteiger charge is 2.43. The average Bonchev–Trinajstić information content (AvgIpc) is 3.12. The van der Waals surface area contributed by atoms with Crippen molar-refractivity contribution in [3.05, 3.63) is 102 Å². The van der Waals surface area contributed by atoms with E-state index in [0.29, 0.717) is 0 Å². The van der Waals surface area contributed by atoms with Gasteiger partial charge in [0.25, 0.3) is 0 Å². The van der Waals surface area contributed by atoms with Crippen molar-refractivity contribution in [2.75, 3.05) is 21.3 Å². The molecule has 0 saturated heterocycles. The minimum atomic E-state index is -0.570. The average molecular weight is 562 g/mol. The standard InChI is InChI=1S/C29H23IO4/c1-32-20-6-4-18(5-7-20)23-10-8-21(33-2)16-24(23)27-28(30)25-17-22(34-3)9-11-26(25)29(27)14-12-19(31)13-15-29/h4-17H,1-3H3. The van der Waals surface area contributed by atoms with Crippen molar-refractivity contribution in [3.8, 4) is 28.4 Å². The fourth-order valence-corrected chi connectivity index (χ4v) is 5.93. The first kappa shape index (κ1) is 22.5. The lowest BCUT2D eigenvalue weighted by Crippen LogP contribution is -2.24. The van der Waals surface area contributed by atoms with Crippen molar-refractivity contribution < 1.29 is 19.0 Å². The SMILES string of the molecule is COc1ccc(-c2ccc(OC)cc2C2=C(I)c3cc(OC)ccc3C23C=CC(=O)C=C3)cc1. The van der Waals surface area contributed by atoms with E-state index in [2.05, 4.69) is 59.0 Å². The second-order valence-corrected chi connectivity index (χ2v) is 9.26. The van der Waals surface area contributed by atoms with E-state index in [-0.39, 0.29) is 5.78 Å². The fraction of sp³-hybridized carbons (Fsp3) is 0.138. The second-order valence-electron chi connectivity index (χ2n) is 8.18. The third kappa shape index (κ3) is 3.55. The van der Waals surface area contributed by atoms with E-state index in [1.165, 1.54) is 0 Å². The molecule has 2 aliphatic rings. The molecule has 0 amide bonds. The van der Waals surface area contributed by atoms with Crippen molar-refractivity contribution in [3.63, 3.8) is 0 Å². The van der Waals surface area contributed by atoms with Crippen LogP contribution < -0.4 is 14.2 Å². The molecule has 2 aliphatic carbocycles. The van der Waals surface area contributed by atoms with E-state index in [9.17, 15) is 4.79 Å². The summed E-state index contributed by atoms with van der Waals surface area (Å²) in [6.07, 6.45) is 7.35. The Hall–Kier alpha value is -3.32. The number of methoxy groups -OCH3 is 3. The summed E-state index contributed by atoms with van der Waals surface area (Å²) in [5.41, 5.74) is 5.95. The first-order valence-corrected chi connectivity index (χ1v) is 11.9. The molecular weight excluding hydrogens is 539 g/mol. The van der Waals surface area contributed by atoms with Gasteiger partial charge in [-0.15, -0.1) is 0 Å². The molecule has 5 rings (SSSR count). The van der Waals surface area contributed by atoms with Gasteiger partial charge in [0.1, 0.15) is 17.2 Å². The van der Waals surface area contributed by atoms with Gasteiger partial charge < -0.3 is 14.2 Å². The lowest BCUT2D eigenvalue weighted by Gasteiger charge is -2.31. The molecule has 170 valence electrons. The van der Waals surface area contributed by atoms with Gasteiger partial charge in [-0.25, -0.2) is 0 Å². The van der Waals surface area contributed by atoms with E-state index in [1.807, 2.05) is 36.4 Å². The predicted octanol–water partition coefficient (Wildman–Crippen LogP) is 6.63. The smallest absolute Gasteiger partial charge is 0.178 e. The summed E-state index contributed by atoms with van der Waals surface area (Å²) < 4.78 is 17.6. The molecular formula is C29H23IO4. The van der Waals surface area contributed by atoms with Gasteiger partial charge in [0, 0.05) is 3.58 Å². The molecule has 0 radical (unpaired) electrons. The van der Waals surface area contributed by atoms with Gasteiger partial charge in [0.15, 0.2) is 5.78 Å². The Kier molecular flexibility index (Phi) is 5.81. The van der Waals surface area contributed by atoms with Crippen LogP contribution in [0.25, 0.3) is 20.3 Å². The molecule has 3 aromatic rings. The molecule has 0 aromatic heterocycles. The highest BCUT2D eigenvalue weighted by molar-refractivity contribution is 14.1. The summed E-state index contributed by atoms with van der Waals surface area (Å²) in [6.45, 7) is 0. The summed E-state index contributed by atoms with van der Waals surface area (Å²) in [5.74, 6) is 2.36. The van der Waals surface area contributed by atoms with Crippen LogP contribution in [0, 0.1) is 0 Å². The molecule has 4 nitrogen and oxygen atoms in total. The van der Waals surface area contributed by atoms with E-state index < -0.39 is 5.41 Å². The summed E-state index contributed by atoms with van der Waals surface area (Å²) in [7, 11) is 5.01. The highest BCUT2D eigenvalue weighted by Crippen LogP contribution is 2.58. The largest absolute Gasteiger partial charge is 0.497 e. The molecule has 0 fully saturated rings. The molecule has 0 heterocycles. The zero-order valence-corrected chi connectivity index (χ0v) is 21.3. The summed E-state index contributed by atoms with van der Waals surface area (Å²) in [4.78, 5) is 12.1. The number of hydrogen-bond acceptors (Lipinski definition) is 4. The van der Waals surface area contributed by atoms with E-state index in [4.69, 9.17) is 14.2 Å². The lowest BCUT2D eigenvalue weighted by molar-refractivity contribution is -0.110. The number of rotatable bonds is 5. The van der Waals surface area contributed by atoms with Gasteiger partial charge in [-0.1, -0.05) is 36.4 Å². The Bertz CT molecular complexity index is 1360. The van der Waals surface area contributed by atoms with Gasteiger partial charge >= 0.3 is 0 Å². The quantitative estimate of drug-likeness (QED) is 0.328. The molecule has 0 unspecified atom stereocenters. The topological polar surface area (TPSA) is 44.8 Å². The van der Waals surface area contributed by atoms with Crippen molar-refractivity contribution >= 4 is 37.5 Å². The number of fused-ring (bicyclic) bond motifs is 2. The number of allylic oxidation sites excluding steroid dienone is 5. The molecule has 34 heavy (non-hydrogen) atoms. The third-order valence-corrected chi connectivity index (χ3v) is 7.58. The number of ketones is 1. The van der Waals surface area contributed by atoms with Crippen LogP contribution in [0.15, 0.2) is 85.0 Å².